The van der Waals surface area contributed by atoms with Gasteiger partial charge in [-0.15, -0.1) is 5.10 Å². The molecule has 0 spiro atoms. The Morgan fingerprint density at radius 1 is 1.03 bits per heavy atom. The summed E-state index contributed by atoms with van der Waals surface area (Å²) in [7, 11) is 1.27. The second-order valence-electron chi connectivity index (χ2n) is 9.69. The van der Waals surface area contributed by atoms with Crippen molar-refractivity contribution in [3.05, 3.63) is 89.7 Å². The van der Waals surface area contributed by atoms with Crippen molar-refractivity contribution in [3.63, 3.8) is 0 Å². The van der Waals surface area contributed by atoms with E-state index in [2.05, 4.69) is 15.6 Å². The second-order valence-corrected chi connectivity index (χ2v) is 9.69. The molecule has 0 unspecified atom stereocenters. The van der Waals surface area contributed by atoms with Gasteiger partial charge in [0.05, 0.1) is 18.2 Å². The van der Waals surface area contributed by atoms with Gasteiger partial charge in [0.15, 0.2) is 0 Å². The zero-order valence-corrected chi connectivity index (χ0v) is 22.2. The lowest BCUT2D eigenvalue weighted by Gasteiger charge is -2.34. The van der Waals surface area contributed by atoms with Gasteiger partial charge >= 0.3 is 5.97 Å². The highest BCUT2D eigenvalue weighted by Gasteiger charge is 2.37. The normalized spacial score (nSPS) is 12.1. The van der Waals surface area contributed by atoms with Crippen LogP contribution in [-0.2, 0) is 20.9 Å². The number of halogens is 1. The number of benzene rings is 3. The predicted octanol–water partition coefficient (Wildman–Crippen LogP) is 4.44. The van der Waals surface area contributed by atoms with Gasteiger partial charge < -0.3 is 10.1 Å². The van der Waals surface area contributed by atoms with Crippen molar-refractivity contribution in [1.82, 2.24) is 20.3 Å². The van der Waals surface area contributed by atoms with Crippen molar-refractivity contribution in [3.8, 4) is 0 Å². The summed E-state index contributed by atoms with van der Waals surface area (Å²) in [5, 5.41) is 11.2. The maximum absolute atomic E-state index is 15.2. The first-order valence-electron chi connectivity index (χ1n) is 12.5. The fourth-order valence-electron chi connectivity index (χ4n) is 4.14. The van der Waals surface area contributed by atoms with Crippen LogP contribution < -0.4 is 10.2 Å². The van der Waals surface area contributed by atoms with Gasteiger partial charge in [0.2, 0.25) is 11.8 Å². The van der Waals surface area contributed by atoms with Gasteiger partial charge in [-0.1, -0.05) is 42.5 Å². The summed E-state index contributed by atoms with van der Waals surface area (Å²) < 4.78 is 21.5. The van der Waals surface area contributed by atoms with Crippen molar-refractivity contribution in [2.75, 3.05) is 12.0 Å². The number of hydrogen-bond donors (Lipinski definition) is 1. The molecule has 1 heterocycles. The Morgan fingerprint density at radius 2 is 1.69 bits per heavy atom. The van der Waals surface area contributed by atoms with E-state index in [1.165, 1.54) is 59.2 Å². The highest BCUT2D eigenvalue weighted by atomic mass is 19.1. The molecule has 9 nitrogen and oxygen atoms in total. The molecule has 0 aliphatic heterocycles. The van der Waals surface area contributed by atoms with Crippen LogP contribution in [0.3, 0.4) is 0 Å². The van der Waals surface area contributed by atoms with E-state index in [1.807, 2.05) is 26.8 Å². The summed E-state index contributed by atoms with van der Waals surface area (Å²) in [4.78, 5) is 41.1. The molecule has 1 atom stereocenters. The lowest BCUT2D eigenvalue weighted by Crippen LogP contribution is -2.51. The molecule has 10 heteroatoms. The summed E-state index contributed by atoms with van der Waals surface area (Å²) in [5.41, 5.74) is 1.19. The third kappa shape index (κ3) is 5.95. The van der Waals surface area contributed by atoms with E-state index in [4.69, 9.17) is 4.74 Å². The van der Waals surface area contributed by atoms with E-state index in [1.54, 1.807) is 24.3 Å². The highest BCUT2D eigenvalue weighted by Crippen LogP contribution is 2.31. The Balaban J connectivity index is 1.85. The molecule has 0 aliphatic rings. The molecule has 3 aromatic carbocycles. The number of anilines is 1. The third-order valence-electron chi connectivity index (χ3n) is 6.59. The summed E-state index contributed by atoms with van der Waals surface area (Å²) in [5.74, 6) is -2.28. The molecule has 39 heavy (non-hydrogen) atoms. The van der Waals surface area contributed by atoms with Crippen LogP contribution in [0.25, 0.3) is 11.0 Å². The number of methoxy groups -OCH3 is 1. The molecule has 1 N–H and O–H groups in total. The maximum Gasteiger partial charge on any atom is 0.337 e. The van der Waals surface area contributed by atoms with Crippen LogP contribution in [0.15, 0.2) is 72.8 Å². The molecule has 0 radical (unpaired) electrons. The van der Waals surface area contributed by atoms with Crippen LogP contribution in [0, 0.1) is 5.82 Å². The molecule has 202 valence electrons. The Labute approximate surface area is 225 Å². The molecular weight excluding hydrogens is 501 g/mol. The predicted molar refractivity (Wildman–Crippen MR) is 144 cm³/mol. The van der Waals surface area contributed by atoms with Crippen LogP contribution >= 0.6 is 0 Å². The second kappa shape index (κ2) is 11.4. The van der Waals surface area contributed by atoms with E-state index in [9.17, 15) is 14.4 Å². The molecule has 1 aromatic heterocycles. The number of para-hydroxylation sites is 1. The Kier molecular flexibility index (Phi) is 8.04. The molecule has 0 saturated carbocycles. The number of aromatic nitrogens is 3. The molecule has 0 aliphatic carbocycles. The molecule has 4 rings (SSSR count). The quantitative estimate of drug-likeness (QED) is 0.320. The van der Waals surface area contributed by atoms with E-state index in [0.717, 1.165) is 0 Å². The zero-order valence-electron chi connectivity index (χ0n) is 22.2. The van der Waals surface area contributed by atoms with Crippen LogP contribution in [0.5, 0.6) is 0 Å². The van der Waals surface area contributed by atoms with Crippen LogP contribution in [-0.4, -0.2) is 45.4 Å². The summed E-state index contributed by atoms with van der Waals surface area (Å²) in [6.07, 6.45) is 0.607. The molecule has 4 aromatic rings. The van der Waals surface area contributed by atoms with Gasteiger partial charge in [0.25, 0.3) is 0 Å². The maximum atomic E-state index is 15.2. The Morgan fingerprint density at radius 3 is 2.36 bits per heavy atom. The minimum Gasteiger partial charge on any atom is -0.465 e. The SMILES string of the molecule is CCC(C)(C)NC(=O)[C@H](c1ccccc1F)N(C(=O)Cn1nnc2ccccc21)c1ccc(C(=O)OC)cc1. The minimum absolute atomic E-state index is 0.0238. The number of nitrogens with one attached hydrogen (secondary N) is 1. The van der Waals surface area contributed by atoms with E-state index in [0.29, 0.717) is 17.5 Å². The van der Waals surface area contributed by atoms with Crippen LogP contribution in [0.4, 0.5) is 10.1 Å². The first-order chi connectivity index (χ1) is 18.6. The number of carbonyl (C=O) groups excluding carboxylic acids is 3. The lowest BCUT2D eigenvalue weighted by molar-refractivity contribution is -0.128. The van der Waals surface area contributed by atoms with Crippen molar-refractivity contribution in [2.24, 2.45) is 0 Å². The minimum atomic E-state index is -1.36. The van der Waals surface area contributed by atoms with E-state index >= 15 is 4.39 Å². The largest absolute Gasteiger partial charge is 0.465 e. The van der Waals surface area contributed by atoms with Gasteiger partial charge in [-0.2, -0.15) is 0 Å². The average molecular weight is 532 g/mol. The van der Waals surface area contributed by atoms with Crippen molar-refractivity contribution < 1.29 is 23.5 Å². The summed E-state index contributed by atoms with van der Waals surface area (Å²) >= 11 is 0. The van der Waals surface area contributed by atoms with Gasteiger partial charge in [-0.05, 0) is 62.7 Å². The molecule has 0 fully saturated rings. The number of rotatable bonds is 9. The van der Waals surface area contributed by atoms with Gasteiger partial charge in [0, 0.05) is 16.8 Å². The lowest BCUT2D eigenvalue weighted by atomic mass is 9.97. The first kappa shape index (κ1) is 27.4. The number of fused-ring (bicyclic) bond motifs is 1. The highest BCUT2D eigenvalue weighted by molar-refractivity contribution is 6.02. The number of esters is 1. The van der Waals surface area contributed by atoms with Crippen LogP contribution in [0.1, 0.15) is 49.2 Å². The molecule has 0 bridgehead atoms. The van der Waals surface area contributed by atoms with Gasteiger partial charge in [-0.25, -0.2) is 13.9 Å². The monoisotopic (exact) mass is 531 g/mol. The standard InChI is InChI=1S/C29H30FN5O4/c1-5-29(2,3)31-27(37)26(21-10-6-7-11-22(21)30)35(20-16-14-19(15-17-20)28(38)39-4)25(36)18-34-24-13-9-8-12-23(24)32-33-34/h6-17,26H,5,18H2,1-4H3,(H,31,37)/t26-/m0/s1. The fourth-order valence-corrected chi connectivity index (χ4v) is 4.14. The van der Waals surface area contributed by atoms with Gasteiger partial charge in [0.1, 0.15) is 23.9 Å². The zero-order chi connectivity index (χ0) is 28.2. The van der Waals surface area contributed by atoms with Crippen molar-refractivity contribution in [1.29, 1.82) is 0 Å². The van der Waals surface area contributed by atoms with Crippen molar-refractivity contribution in [2.45, 2.75) is 45.3 Å². The van der Waals surface area contributed by atoms with Crippen LogP contribution in [0.2, 0.25) is 0 Å². The third-order valence-corrected chi connectivity index (χ3v) is 6.59. The number of ether oxygens (including phenoxy) is 1. The number of carbonyl (C=O) groups is 3. The van der Waals surface area contributed by atoms with Gasteiger partial charge in [-0.3, -0.25) is 14.5 Å². The number of nitrogens with zero attached hydrogens (tertiary/aromatic N) is 4. The summed E-state index contributed by atoms with van der Waals surface area (Å²) in [6.45, 7) is 5.35. The topological polar surface area (TPSA) is 106 Å². The molecular formula is C29H30FN5O4. The van der Waals surface area contributed by atoms with E-state index < -0.39 is 35.2 Å². The number of hydrogen-bond acceptors (Lipinski definition) is 6. The molecule has 2 amide bonds. The number of amides is 2. The fraction of sp³-hybridized carbons (Fsp3) is 0.276. The smallest absolute Gasteiger partial charge is 0.337 e. The summed E-state index contributed by atoms with van der Waals surface area (Å²) in [6, 6.07) is 17.7. The van der Waals surface area contributed by atoms with E-state index in [-0.39, 0.29) is 23.4 Å². The Hall–Kier alpha value is -4.60. The molecule has 0 saturated heterocycles. The van der Waals surface area contributed by atoms with Crippen molar-refractivity contribution >= 4 is 34.5 Å². The average Bonchev–Trinajstić information content (AvgIpc) is 3.34. The Bertz CT molecular complexity index is 1500. The first-order valence-corrected chi connectivity index (χ1v) is 12.5.